The van der Waals surface area contributed by atoms with E-state index in [-0.39, 0.29) is 62.5 Å². The van der Waals surface area contributed by atoms with Crippen LogP contribution in [0.4, 0.5) is 0 Å². The lowest BCUT2D eigenvalue weighted by Crippen LogP contribution is -2.39. The van der Waals surface area contributed by atoms with E-state index in [0.717, 1.165) is 0 Å². The van der Waals surface area contributed by atoms with Gasteiger partial charge in [0.25, 0.3) is 0 Å². The van der Waals surface area contributed by atoms with Crippen LogP contribution in [-0.2, 0) is 19.1 Å². The van der Waals surface area contributed by atoms with E-state index >= 15 is 0 Å². The summed E-state index contributed by atoms with van der Waals surface area (Å²) in [5.41, 5.74) is -0.663. The van der Waals surface area contributed by atoms with E-state index in [1.165, 1.54) is 50.6 Å². The molecular weight excluding hydrogens is 609 g/mol. The maximum atomic E-state index is 14.4. The normalized spacial score (nSPS) is 13.2. The highest BCUT2D eigenvalue weighted by molar-refractivity contribution is 6.37. The van der Waals surface area contributed by atoms with Crippen LogP contribution in [0.25, 0.3) is 0 Å². The van der Waals surface area contributed by atoms with Crippen molar-refractivity contribution < 1.29 is 38.1 Å². The number of hydrogen-bond acceptors (Lipinski definition) is 9. The summed E-state index contributed by atoms with van der Waals surface area (Å²) in [5, 5.41) is 2.93. The van der Waals surface area contributed by atoms with Crippen LogP contribution >= 0.6 is 23.2 Å². The van der Waals surface area contributed by atoms with E-state index in [9.17, 15) is 19.2 Å². The Morgan fingerprint density at radius 1 is 0.659 bits per heavy atom. The number of esters is 2. The number of benzene rings is 3. The number of carbonyl (C=O) groups is 4. The molecule has 0 unspecified atom stereocenters. The molecule has 0 saturated carbocycles. The minimum atomic E-state index is -1.40. The van der Waals surface area contributed by atoms with Crippen molar-refractivity contribution in [1.29, 1.82) is 0 Å². The maximum absolute atomic E-state index is 14.4. The zero-order chi connectivity index (χ0) is 32.0. The van der Waals surface area contributed by atoms with Crippen LogP contribution in [0.1, 0.15) is 46.0 Å². The number of carbonyl (C=O) groups excluding carboxylic acids is 4. The summed E-state index contributed by atoms with van der Waals surface area (Å²) in [6.45, 7) is 3.11. The first-order valence-electron chi connectivity index (χ1n) is 13.6. The number of dihydropyridines is 1. The third kappa shape index (κ3) is 6.49. The number of methoxy groups -OCH3 is 2. The molecule has 0 amide bonds. The van der Waals surface area contributed by atoms with Gasteiger partial charge in [-0.2, -0.15) is 0 Å². The van der Waals surface area contributed by atoms with Gasteiger partial charge in [0.15, 0.2) is 11.6 Å². The van der Waals surface area contributed by atoms with Crippen molar-refractivity contribution in [3.8, 4) is 11.5 Å². The molecular formula is C33H29Cl2NO8. The van der Waals surface area contributed by atoms with E-state index < -0.39 is 29.4 Å². The van der Waals surface area contributed by atoms with Gasteiger partial charge in [0, 0.05) is 43.8 Å². The van der Waals surface area contributed by atoms with Crippen LogP contribution in [0, 0.1) is 0 Å². The van der Waals surface area contributed by atoms with Gasteiger partial charge in [0.1, 0.15) is 22.9 Å². The van der Waals surface area contributed by atoms with Crippen LogP contribution in [0.2, 0.25) is 10.0 Å². The van der Waals surface area contributed by atoms with Gasteiger partial charge in [-0.3, -0.25) is 9.59 Å². The van der Waals surface area contributed by atoms with Crippen LogP contribution in [0.3, 0.4) is 0 Å². The second-order valence-electron chi connectivity index (χ2n) is 9.33. The van der Waals surface area contributed by atoms with Gasteiger partial charge in [0.2, 0.25) is 0 Å². The van der Waals surface area contributed by atoms with Crippen molar-refractivity contribution in [2.75, 3.05) is 27.4 Å². The molecule has 3 aromatic carbocycles. The second kappa shape index (κ2) is 14.2. The quantitative estimate of drug-likeness (QED) is 0.197. The Labute approximate surface area is 264 Å². The van der Waals surface area contributed by atoms with Gasteiger partial charge in [-0.25, -0.2) is 9.59 Å². The average Bonchev–Trinajstić information content (AvgIpc) is 3.03. The smallest absolute Gasteiger partial charge is 0.355 e. The van der Waals surface area contributed by atoms with Gasteiger partial charge in [-0.05, 0) is 74.5 Å². The molecule has 228 valence electrons. The first kappa shape index (κ1) is 32.3. The minimum Gasteiger partial charge on any atom is -0.497 e. The third-order valence-corrected chi connectivity index (χ3v) is 7.47. The van der Waals surface area contributed by atoms with Crippen LogP contribution in [0.5, 0.6) is 11.5 Å². The van der Waals surface area contributed by atoms with Crippen LogP contribution in [-0.4, -0.2) is 50.9 Å². The number of rotatable bonds is 11. The van der Waals surface area contributed by atoms with Gasteiger partial charge in [-0.15, -0.1) is 0 Å². The van der Waals surface area contributed by atoms with Crippen LogP contribution in [0.15, 0.2) is 89.3 Å². The molecule has 1 aliphatic rings. The zero-order valence-electron chi connectivity index (χ0n) is 24.4. The maximum Gasteiger partial charge on any atom is 0.355 e. The van der Waals surface area contributed by atoms with Crippen molar-refractivity contribution in [3.63, 3.8) is 0 Å². The van der Waals surface area contributed by atoms with E-state index in [1.54, 1.807) is 44.2 Å². The minimum absolute atomic E-state index is 0.0401. The molecule has 1 heterocycles. The Kier molecular flexibility index (Phi) is 10.5. The highest BCUT2D eigenvalue weighted by Gasteiger charge is 2.44. The monoisotopic (exact) mass is 637 g/mol. The molecule has 11 heteroatoms. The van der Waals surface area contributed by atoms with Gasteiger partial charge >= 0.3 is 11.9 Å². The summed E-state index contributed by atoms with van der Waals surface area (Å²) in [6.07, 6.45) is 0. The topological polar surface area (TPSA) is 117 Å². The lowest BCUT2D eigenvalue weighted by atomic mass is 9.74. The Morgan fingerprint density at radius 2 is 1.05 bits per heavy atom. The molecule has 1 aliphatic heterocycles. The highest BCUT2D eigenvalue weighted by atomic mass is 35.5. The van der Waals surface area contributed by atoms with Crippen LogP contribution < -0.4 is 14.8 Å². The summed E-state index contributed by atoms with van der Waals surface area (Å²) >= 11 is 13.4. The summed E-state index contributed by atoms with van der Waals surface area (Å²) in [7, 11) is 2.97. The van der Waals surface area contributed by atoms with Crippen molar-refractivity contribution in [2.24, 2.45) is 0 Å². The Bertz CT molecular complexity index is 1540. The number of allylic oxidation sites excluding steroid dienone is 2. The molecule has 0 radical (unpaired) electrons. The molecule has 0 bridgehead atoms. The predicted molar refractivity (Wildman–Crippen MR) is 164 cm³/mol. The first-order chi connectivity index (χ1) is 21.2. The van der Waals surface area contributed by atoms with Gasteiger partial charge in [0.05, 0.1) is 27.4 Å². The summed E-state index contributed by atoms with van der Waals surface area (Å²) in [5.74, 6) is -3.58. The summed E-state index contributed by atoms with van der Waals surface area (Å²) in [6, 6.07) is 17.0. The van der Waals surface area contributed by atoms with Gasteiger partial charge in [-0.1, -0.05) is 29.3 Å². The molecule has 9 nitrogen and oxygen atoms in total. The number of hydrogen-bond donors (Lipinski definition) is 1. The molecule has 1 N–H and O–H groups in total. The molecule has 4 rings (SSSR count). The molecule has 3 aromatic rings. The average molecular weight is 639 g/mol. The summed E-state index contributed by atoms with van der Waals surface area (Å²) < 4.78 is 21.1. The Hall–Kier alpha value is -4.60. The fraction of sp³-hybridized carbons (Fsp3) is 0.212. The fourth-order valence-corrected chi connectivity index (χ4v) is 5.40. The van der Waals surface area contributed by atoms with Crippen molar-refractivity contribution in [3.05, 3.63) is 116 Å². The van der Waals surface area contributed by atoms with E-state index in [4.69, 9.17) is 42.1 Å². The number of nitrogens with one attached hydrogen (secondary N) is 1. The Morgan fingerprint density at radius 3 is 1.39 bits per heavy atom. The van der Waals surface area contributed by atoms with Gasteiger partial charge < -0.3 is 24.3 Å². The summed E-state index contributed by atoms with van der Waals surface area (Å²) in [4.78, 5) is 55.8. The predicted octanol–water partition coefficient (Wildman–Crippen LogP) is 6.10. The second-order valence-corrected chi connectivity index (χ2v) is 10.1. The molecule has 0 aromatic heterocycles. The molecule has 0 atom stereocenters. The number of ketones is 2. The third-order valence-electron chi connectivity index (χ3n) is 6.81. The fourth-order valence-electron chi connectivity index (χ4n) is 4.78. The lowest BCUT2D eigenvalue weighted by molar-refractivity contribution is -0.139. The molecule has 0 aliphatic carbocycles. The van der Waals surface area contributed by atoms with Crippen molar-refractivity contribution in [1.82, 2.24) is 5.32 Å². The van der Waals surface area contributed by atoms with E-state index in [0.29, 0.717) is 11.5 Å². The first-order valence-corrected chi connectivity index (χ1v) is 14.3. The van der Waals surface area contributed by atoms with Crippen molar-refractivity contribution in [2.45, 2.75) is 19.8 Å². The van der Waals surface area contributed by atoms with E-state index in [1.807, 2.05) is 0 Å². The van der Waals surface area contributed by atoms with Crippen molar-refractivity contribution >= 4 is 46.7 Å². The molecule has 0 fully saturated rings. The molecule has 0 spiro atoms. The largest absolute Gasteiger partial charge is 0.497 e. The van der Waals surface area contributed by atoms with E-state index in [2.05, 4.69) is 5.32 Å². The zero-order valence-corrected chi connectivity index (χ0v) is 25.9. The highest BCUT2D eigenvalue weighted by Crippen LogP contribution is 2.46. The molecule has 0 saturated heterocycles. The number of halogens is 2. The number of Topliss-reactive ketones (excluding diaryl/α,β-unsaturated/α-hetero) is 2. The SMILES string of the molecule is CCOC(=O)C1=C(C(=O)c2ccc(OC)cc2)C(c2c(Cl)cccc2Cl)C(C(=O)c2ccc(OC)cc2)=C(C(=O)OCC)N1. The lowest BCUT2D eigenvalue weighted by Gasteiger charge is -2.32. The number of ether oxygens (including phenoxy) is 4. The molecule has 44 heavy (non-hydrogen) atoms. The standard InChI is InChI=1S/C33H29Cl2NO8/c1-5-43-32(39)28-26(30(37)18-10-14-20(41-3)15-11-18)25(24-22(34)8-7-9-23(24)35)27(29(36-28)33(40)44-6-2)31(38)19-12-16-21(42-4)17-13-19/h7-17,25,36H,5-6H2,1-4H3. The Balaban J connectivity index is 2.10.